The lowest BCUT2D eigenvalue weighted by Crippen LogP contribution is -2.19. The molecule has 0 amide bonds. The van der Waals surface area contributed by atoms with Gasteiger partial charge in [-0.25, -0.2) is 0 Å². The van der Waals surface area contributed by atoms with Crippen LogP contribution in [0.25, 0.3) is 0 Å². The van der Waals surface area contributed by atoms with Crippen LogP contribution >= 0.6 is 0 Å². The number of hydrogen-bond acceptors (Lipinski definition) is 7. The van der Waals surface area contributed by atoms with Gasteiger partial charge in [0, 0.05) is 13.7 Å². The monoisotopic (exact) mass is 348 g/mol. The molecule has 0 aliphatic rings. The van der Waals surface area contributed by atoms with Crippen LogP contribution in [0, 0.1) is 22.7 Å². The number of rotatable bonds is 12. The number of nitrogens with zero attached hydrogens (tertiary/aromatic N) is 2. The van der Waals surface area contributed by atoms with E-state index in [0.717, 1.165) is 0 Å². The molecule has 0 fully saturated rings. The van der Waals surface area contributed by atoms with Gasteiger partial charge < -0.3 is 23.7 Å². The molecule has 1 rings (SSSR count). The highest BCUT2D eigenvalue weighted by molar-refractivity contribution is 5.60. The highest BCUT2D eigenvalue weighted by Gasteiger charge is 2.17. The van der Waals surface area contributed by atoms with Gasteiger partial charge in [-0.2, -0.15) is 10.5 Å². The highest BCUT2D eigenvalue weighted by atomic mass is 16.5. The van der Waals surface area contributed by atoms with E-state index in [-0.39, 0.29) is 23.8 Å². The summed E-state index contributed by atoms with van der Waals surface area (Å²) in [5.74, 6) is 0.670. The van der Waals surface area contributed by atoms with Gasteiger partial charge in [-0.15, -0.1) is 0 Å². The summed E-state index contributed by atoms with van der Waals surface area (Å²) in [5, 5.41) is 18.8. The van der Waals surface area contributed by atoms with Gasteiger partial charge in [-0.3, -0.25) is 0 Å². The Bertz CT molecular complexity index is 607. The summed E-state index contributed by atoms with van der Waals surface area (Å²) in [7, 11) is 1.57. The van der Waals surface area contributed by atoms with Crippen molar-refractivity contribution in [1.29, 1.82) is 10.5 Å². The number of ether oxygens (including phenoxy) is 5. The van der Waals surface area contributed by atoms with Gasteiger partial charge in [0.25, 0.3) is 0 Å². The van der Waals surface area contributed by atoms with E-state index in [1.54, 1.807) is 19.2 Å². The Morgan fingerprint density at radius 2 is 1.56 bits per heavy atom. The molecule has 1 aromatic rings. The van der Waals surface area contributed by atoms with Crippen molar-refractivity contribution in [3.8, 4) is 23.6 Å². The fourth-order valence-electron chi connectivity index (χ4n) is 2.07. The van der Waals surface area contributed by atoms with E-state index in [1.807, 2.05) is 26.0 Å². The molecule has 0 aliphatic carbocycles. The van der Waals surface area contributed by atoms with Crippen LogP contribution in [0.3, 0.4) is 0 Å². The number of hydrogen-bond donors (Lipinski definition) is 0. The van der Waals surface area contributed by atoms with Crippen LogP contribution in [0.15, 0.2) is 12.1 Å². The summed E-state index contributed by atoms with van der Waals surface area (Å²) in [5.41, 5.74) is 0.305. The molecule has 0 saturated heterocycles. The van der Waals surface area contributed by atoms with Crippen molar-refractivity contribution in [3.63, 3.8) is 0 Å². The second-order valence-corrected chi connectivity index (χ2v) is 5.08. The van der Waals surface area contributed by atoms with E-state index in [4.69, 9.17) is 23.7 Å². The smallest absolute Gasteiger partial charge is 0.139 e. The summed E-state index contributed by atoms with van der Waals surface area (Å²) in [6, 6.07) is 7.26. The SMILES string of the molecule is CCOCCOCCOc1ccc(OC(C)COC)c(C#N)c1C#N. The van der Waals surface area contributed by atoms with Crippen molar-refractivity contribution in [2.75, 3.05) is 46.8 Å². The van der Waals surface area contributed by atoms with E-state index in [0.29, 0.717) is 44.5 Å². The average molecular weight is 348 g/mol. The molecule has 0 radical (unpaired) electrons. The quantitative estimate of drug-likeness (QED) is 0.535. The lowest BCUT2D eigenvalue weighted by molar-refractivity contribution is 0.0404. The summed E-state index contributed by atoms with van der Waals surface area (Å²) < 4.78 is 26.8. The van der Waals surface area contributed by atoms with Gasteiger partial charge in [0.1, 0.15) is 47.5 Å². The molecule has 0 aliphatic heterocycles. The lowest BCUT2D eigenvalue weighted by atomic mass is 10.1. The van der Waals surface area contributed by atoms with Crippen LogP contribution in [0.2, 0.25) is 0 Å². The zero-order valence-electron chi connectivity index (χ0n) is 14.9. The fraction of sp³-hybridized carbons (Fsp3) is 0.556. The maximum Gasteiger partial charge on any atom is 0.139 e. The molecular weight excluding hydrogens is 324 g/mol. The van der Waals surface area contributed by atoms with Gasteiger partial charge in [0.2, 0.25) is 0 Å². The molecular formula is C18H24N2O5. The van der Waals surface area contributed by atoms with Crippen LogP contribution in [0.4, 0.5) is 0 Å². The third kappa shape index (κ3) is 6.98. The average Bonchev–Trinajstić information content (AvgIpc) is 2.61. The zero-order valence-corrected chi connectivity index (χ0v) is 14.9. The first-order valence-corrected chi connectivity index (χ1v) is 8.08. The summed E-state index contributed by atoms with van der Waals surface area (Å²) in [6.07, 6.45) is -0.242. The molecule has 0 spiro atoms. The number of nitriles is 2. The van der Waals surface area contributed by atoms with Gasteiger partial charge in [0.15, 0.2) is 0 Å². The molecule has 0 aromatic heterocycles. The minimum atomic E-state index is -0.242. The van der Waals surface area contributed by atoms with Crippen LogP contribution in [0.5, 0.6) is 11.5 Å². The van der Waals surface area contributed by atoms with Crippen LogP contribution < -0.4 is 9.47 Å². The Hall–Kier alpha value is -2.32. The first-order chi connectivity index (χ1) is 12.2. The van der Waals surface area contributed by atoms with E-state index in [9.17, 15) is 10.5 Å². The van der Waals surface area contributed by atoms with Gasteiger partial charge >= 0.3 is 0 Å². The Kier molecular flexibility index (Phi) is 10.0. The van der Waals surface area contributed by atoms with Crippen molar-refractivity contribution >= 4 is 0 Å². The Labute approximate surface area is 148 Å². The molecule has 1 atom stereocenters. The predicted molar refractivity (Wildman–Crippen MR) is 90.6 cm³/mol. The summed E-state index contributed by atoms with van der Waals surface area (Å²) >= 11 is 0. The molecule has 0 saturated carbocycles. The van der Waals surface area contributed by atoms with Crippen molar-refractivity contribution in [2.24, 2.45) is 0 Å². The maximum absolute atomic E-state index is 9.38. The fourth-order valence-corrected chi connectivity index (χ4v) is 2.07. The predicted octanol–water partition coefficient (Wildman–Crippen LogP) is 2.28. The van der Waals surface area contributed by atoms with Crippen molar-refractivity contribution in [1.82, 2.24) is 0 Å². The van der Waals surface area contributed by atoms with E-state index in [1.165, 1.54) is 0 Å². The minimum Gasteiger partial charge on any atom is -0.490 e. The number of benzene rings is 1. The topological polar surface area (TPSA) is 93.7 Å². The maximum atomic E-state index is 9.38. The first kappa shape index (κ1) is 20.7. The number of methoxy groups -OCH3 is 1. The van der Waals surface area contributed by atoms with Crippen LogP contribution in [0.1, 0.15) is 25.0 Å². The van der Waals surface area contributed by atoms with Gasteiger partial charge in [-0.1, -0.05) is 0 Å². The zero-order chi connectivity index (χ0) is 18.5. The standard InChI is InChI=1S/C18H24N2O5/c1-4-22-7-8-23-9-10-24-17-5-6-18(25-14(2)13-21-3)16(12-20)15(17)11-19/h5-6,14H,4,7-10,13H2,1-3H3. The largest absolute Gasteiger partial charge is 0.490 e. The van der Waals surface area contributed by atoms with Crippen molar-refractivity contribution < 1.29 is 23.7 Å². The molecule has 0 heterocycles. The van der Waals surface area contributed by atoms with Crippen molar-refractivity contribution in [2.45, 2.75) is 20.0 Å². The van der Waals surface area contributed by atoms with E-state index >= 15 is 0 Å². The van der Waals surface area contributed by atoms with E-state index in [2.05, 4.69) is 0 Å². The summed E-state index contributed by atoms with van der Waals surface area (Å²) in [4.78, 5) is 0. The minimum absolute atomic E-state index is 0.152. The van der Waals surface area contributed by atoms with Crippen LogP contribution in [-0.4, -0.2) is 52.9 Å². The van der Waals surface area contributed by atoms with Crippen molar-refractivity contribution in [3.05, 3.63) is 23.3 Å². The van der Waals surface area contributed by atoms with Gasteiger partial charge in [-0.05, 0) is 26.0 Å². The molecule has 136 valence electrons. The molecule has 7 heteroatoms. The molecule has 25 heavy (non-hydrogen) atoms. The normalized spacial score (nSPS) is 11.4. The second kappa shape index (κ2) is 12.1. The third-order valence-electron chi connectivity index (χ3n) is 3.14. The molecule has 1 aromatic carbocycles. The first-order valence-electron chi connectivity index (χ1n) is 8.08. The molecule has 7 nitrogen and oxygen atoms in total. The lowest BCUT2D eigenvalue weighted by Gasteiger charge is -2.16. The third-order valence-corrected chi connectivity index (χ3v) is 3.14. The molecule has 0 bridgehead atoms. The second-order valence-electron chi connectivity index (χ2n) is 5.08. The highest BCUT2D eigenvalue weighted by Crippen LogP contribution is 2.30. The molecule has 0 N–H and O–H groups in total. The summed E-state index contributed by atoms with van der Waals surface area (Å²) in [6.45, 7) is 6.42. The Balaban J connectivity index is 2.69. The van der Waals surface area contributed by atoms with Gasteiger partial charge in [0.05, 0.1) is 26.4 Å². The van der Waals surface area contributed by atoms with E-state index < -0.39 is 0 Å². The molecule has 1 unspecified atom stereocenters. The van der Waals surface area contributed by atoms with Crippen LogP contribution in [-0.2, 0) is 14.2 Å². The Morgan fingerprint density at radius 3 is 2.20 bits per heavy atom. The Morgan fingerprint density at radius 1 is 0.960 bits per heavy atom.